The highest BCUT2D eigenvalue weighted by atomic mass is 35.5. The number of aryl methyl sites for hydroxylation is 1. The van der Waals surface area contributed by atoms with E-state index in [2.05, 4.69) is 20.6 Å². The number of nitrogens with zero attached hydrogens (tertiary/aromatic N) is 4. The maximum atomic E-state index is 12.8. The number of nitrogens with one attached hydrogen (secondary N) is 1. The monoisotopic (exact) mass is 497 g/mol. The zero-order valence-corrected chi connectivity index (χ0v) is 19.9. The molecule has 0 spiro atoms. The number of hydrogen-bond donors (Lipinski definition) is 1. The molecule has 1 amide bonds. The van der Waals surface area contributed by atoms with Gasteiger partial charge in [-0.3, -0.25) is 9.59 Å². The molecule has 1 saturated heterocycles. The fraction of sp³-hybridized carbons (Fsp3) is 0.174. The third kappa shape index (κ3) is 5.46. The van der Waals surface area contributed by atoms with Gasteiger partial charge in [0.2, 0.25) is 5.91 Å². The topological polar surface area (TPSA) is 107 Å². The number of rotatable bonds is 7. The van der Waals surface area contributed by atoms with Gasteiger partial charge < -0.3 is 14.8 Å². The Hall–Kier alpha value is -3.63. The zero-order valence-electron chi connectivity index (χ0n) is 18.3. The first-order valence-corrected chi connectivity index (χ1v) is 11.6. The van der Waals surface area contributed by atoms with E-state index in [0.717, 1.165) is 5.56 Å². The van der Waals surface area contributed by atoms with Crippen molar-refractivity contribution in [3.8, 4) is 22.9 Å². The Balaban J connectivity index is 1.57. The zero-order chi connectivity index (χ0) is 24.1. The largest absolute Gasteiger partial charge is 0.490 e. The Labute approximate surface area is 204 Å². The summed E-state index contributed by atoms with van der Waals surface area (Å²) in [5, 5.41) is 15.1. The molecular weight excluding hydrogens is 478 g/mol. The average Bonchev–Trinajstić information content (AvgIpc) is 3.24. The molecule has 3 aromatic rings. The Morgan fingerprint density at radius 3 is 2.68 bits per heavy atom. The van der Waals surface area contributed by atoms with E-state index in [-0.39, 0.29) is 16.7 Å². The highest BCUT2D eigenvalue weighted by Gasteiger charge is 2.17. The van der Waals surface area contributed by atoms with Crippen molar-refractivity contribution in [3.63, 3.8) is 0 Å². The molecule has 0 bridgehead atoms. The minimum absolute atomic E-state index is 0.0984. The van der Waals surface area contributed by atoms with E-state index >= 15 is 0 Å². The number of aromatic nitrogens is 2. The predicted octanol–water partition coefficient (Wildman–Crippen LogP) is 3.94. The van der Waals surface area contributed by atoms with Crippen LogP contribution in [0.3, 0.4) is 0 Å². The summed E-state index contributed by atoms with van der Waals surface area (Å²) in [7, 11) is 0. The lowest BCUT2D eigenvalue weighted by molar-refractivity contribution is -0.116. The molecule has 1 aliphatic rings. The van der Waals surface area contributed by atoms with Crippen LogP contribution < -0.4 is 20.3 Å². The highest BCUT2D eigenvalue weighted by molar-refractivity contribution is 8.15. The summed E-state index contributed by atoms with van der Waals surface area (Å²) in [6.07, 6.45) is 2.92. The number of halogens is 1. The highest BCUT2D eigenvalue weighted by Crippen LogP contribution is 2.34. The summed E-state index contributed by atoms with van der Waals surface area (Å²) in [5.74, 6) is 1.14. The molecule has 1 aromatic heterocycles. The molecule has 0 saturated carbocycles. The lowest BCUT2D eigenvalue weighted by Gasteiger charge is -2.13. The molecule has 34 heavy (non-hydrogen) atoms. The van der Waals surface area contributed by atoms with Crippen LogP contribution >= 0.6 is 23.4 Å². The van der Waals surface area contributed by atoms with E-state index in [0.29, 0.717) is 40.3 Å². The fourth-order valence-corrected chi connectivity index (χ4v) is 3.76. The number of carbonyl (C=O) groups excluding carboxylic acids is 1. The molecule has 0 unspecified atom stereocenters. The summed E-state index contributed by atoms with van der Waals surface area (Å²) in [6.45, 7) is 4.19. The van der Waals surface area contributed by atoms with Crippen molar-refractivity contribution in [1.82, 2.24) is 15.1 Å². The normalized spacial score (nSPS) is 14.6. The Morgan fingerprint density at radius 2 is 1.97 bits per heavy atom. The van der Waals surface area contributed by atoms with Crippen molar-refractivity contribution >= 4 is 40.7 Å². The number of amides is 1. The van der Waals surface area contributed by atoms with E-state index in [1.807, 2.05) is 26.0 Å². The Kier molecular flexibility index (Phi) is 7.29. The summed E-state index contributed by atoms with van der Waals surface area (Å²) < 4.78 is 12.8. The minimum atomic E-state index is -0.499. The van der Waals surface area contributed by atoms with Gasteiger partial charge >= 0.3 is 0 Å². The maximum absolute atomic E-state index is 12.8. The van der Waals surface area contributed by atoms with Gasteiger partial charge in [0.1, 0.15) is 0 Å². The van der Waals surface area contributed by atoms with Crippen LogP contribution in [-0.4, -0.2) is 39.4 Å². The van der Waals surface area contributed by atoms with Gasteiger partial charge in [-0.2, -0.15) is 14.9 Å². The molecule has 1 aliphatic heterocycles. The van der Waals surface area contributed by atoms with E-state index in [9.17, 15) is 9.59 Å². The molecule has 2 heterocycles. The number of benzene rings is 2. The molecule has 9 nitrogen and oxygen atoms in total. The first kappa shape index (κ1) is 23.5. The molecule has 0 aliphatic carbocycles. The fourth-order valence-electron chi connectivity index (χ4n) is 2.96. The van der Waals surface area contributed by atoms with Crippen LogP contribution in [0.2, 0.25) is 5.02 Å². The SMILES string of the molecule is CCOc1cc(C=NN=C2NC(=O)CS2)ccc1Oc1cnn(-c2ccc(C)cc2)c(=O)c1Cl. The molecule has 4 rings (SSSR count). The Morgan fingerprint density at radius 1 is 1.18 bits per heavy atom. The van der Waals surface area contributed by atoms with Crippen molar-refractivity contribution in [3.05, 3.63) is 75.2 Å². The molecule has 1 fully saturated rings. The summed E-state index contributed by atoms with van der Waals surface area (Å²) in [6, 6.07) is 12.5. The van der Waals surface area contributed by atoms with Gasteiger partial charge in [-0.05, 0) is 49.7 Å². The first-order chi connectivity index (χ1) is 16.4. The maximum Gasteiger partial charge on any atom is 0.294 e. The van der Waals surface area contributed by atoms with Gasteiger partial charge in [0, 0.05) is 0 Å². The summed E-state index contributed by atoms with van der Waals surface area (Å²) in [4.78, 5) is 24.0. The first-order valence-electron chi connectivity index (χ1n) is 10.3. The second-order valence-corrected chi connectivity index (χ2v) is 8.45. The number of thioether (sulfide) groups is 1. The quantitative estimate of drug-likeness (QED) is 0.391. The van der Waals surface area contributed by atoms with Crippen LogP contribution in [0.25, 0.3) is 5.69 Å². The van der Waals surface area contributed by atoms with E-state index in [1.54, 1.807) is 30.3 Å². The van der Waals surface area contributed by atoms with Gasteiger partial charge in [0.25, 0.3) is 5.56 Å². The molecule has 0 atom stereocenters. The Bertz CT molecular complexity index is 1340. The van der Waals surface area contributed by atoms with Gasteiger partial charge in [-0.15, -0.1) is 5.10 Å². The third-order valence-corrected chi connectivity index (χ3v) is 5.81. The summed E-state index contributed by atoms with van der Waals surface area (Å²) in [5.41, 5.74) is 1.87. The second-order valence-electron chi connectivity index (χ2n) is 7.10. The van der Waals surface area contributed by atoms with Gasteiger partial charge in [0.05, 0.1) is 30.5 Å². The molecule has 1 N–H and O–H groups in total. The summed E-state index contributed by atoms with van der Waals surface area (Å²) >= 11 is 7.61. The molecular formula is C23H20ClN5O4S. The number of carbonyl (C=O) groups is 1. The lowest BCUT2D eigenvalue weighted by Crippen LogP contribution is -2.21. The van der Waals surface area contributed by atoms with Crippen molar-refractivity contribution in [2.45, 2.75) is 13.8 Å². The predicted molar refractivity (Wildman–Crippen MR) is 133 cm³/mol. The van der Waals surface area contributed by atoms with Crippen LogP contribution in [-0.2, 0) is 4.79 Å². The molecule has 2 aromatic carbocycles. The van der Waals surface area contributed by atoms with Crippen molar-refractivity contribution < 1.29 is 14.3 Å². The van der Waals surface area contributed by atoms with Crippen LogP contribution in [0.1, 0.15) is 18.1 Å². The smallest absolute Gasteiger partial charge is 0.294 e. The van der Waals surface area contributed by atoms with Gasteiger partial charge in [-0.25, -0.2) is 0 Å². The minimum Gasteiger partial charge on any atom is -0.490 e. The number of ether oxygens (including phenoxy) is 2. The van der Waals surface area contributed by atoms with Crippen molar-refractivity contribution in [1.29, 1.82) is 0 Å². The van der Waals surface area contributed by atoms with Crippen LogP contribution in [0.4, 0.5) is 0 Å². The molecule has 174 valence electrons. The standard InChI is InChI=1S/C23H20ClN5O4S/c1-3-32-18-10-15(11-25-28-23-27-20(30)13-34-23)6-9-17(18)33-19-12-26-29(22(31)21(19)24)16-7-4-14(2)5-8-16/h4-12H,3,13H2,1-2H3,(H,27,28,30). The van der Waals surface area contributed by atoms with E-state index in [1.165, 1.54) is 28.9 Å². The molecule has 0 radical (unpaired) electrons. The van der Waals surface area contributed by atoms with Crippen LogP contribution in [0, 0.1) is 6.92 Å². The van der Waals surface area contributed by atoms with Crippen molar-refractivity contribution in [2.75, 3.05) is 12.4 Å². The number of hydrogen-bond acceptors (Lipinski definition) is 8. The average molecular weight is 498 g/mol. The second kappa shape index (κ2) is 10.5. The van der Waals surface area contributed by atoms with Crippen molar-refractivity contribution in [2.24, 2.45) is 10.2 Å². The third-order valence-electron chi connectivity index (χ3n) is 4.59. The van der Waals surface area contributed by atoms with E-state index < -0.39 is 5.56 Å². The number of amidine groups is 1. The van der Waals surface area contributed by atoms with Gasteiger partial charge in [-0.1, -0.05) is 41.1 Å². The van der Waals surface area contributed by atoms with Crippen LogP contribution in [0.15, 0.2) is 63.7 Å². The lowest BCUT2D eigenvalue weighted by atomic mass is 10.2. The molecule has 11 heteroatoms. The van der Waals surface area contributed by atoms with Gasteiger partial charge in [0.15, 0.2) is 27.4 Å². The van der Waals surface area contributed by atoms with E-state index in [4.69, 9.17) is 21.1 Å². The van der Waals surface area contributed by atoms with Crippen LogP contribution in [0.5, 0.6) is 17.2 Å².